The van der Waals surface area contributed by atoms with Crippen molar-refractivity contribution in [1.29, 1.82) is 0 Å². The molecule has 0 saturated carbocycles. The molecule has 0 bridgehead atoms. The molecule has 4 aromatic rings. The summed E-state index contributed by atoms with van der Waals surface area (Å²) >= 11 is 0. The Morgan fingerprint density at radius 1 is 0.700 bits per heavy atom. The molecule has 0 unspecified atom stereocenters. The molecule has 3 aromatic carbocycles. The van der Waals surface area contributed by atoms with Crippen molar-refractivity contribution in [3.63, 3.8) is 0 Å². The summed E-state index contributed by atoms with van der Waals surface area (Å²) in [6, 6.07) is 15.2. The van der Waals surface area contributed by atoms with E-state index in [0.29, 0.717) is 12.1 Å². The van der Waals surface area contributed by atoms with E-state index in [0.717, 1.165) is 30.3 Å². The third-order valence-electron chi connectivity index (χ3n) is 5.24. The van der Waals surface area contributed by atoms with E-state index in [4.69, 9.17) is 9.47 Å². The Morgan fingerprint density at radius 3 is 1.80 bits per heavy atom. The van der Waals surface area contributed by atoms with Crippen molar-refractivity contribution in [2.45, 2.75) is 12.4 Å². The van der Waals surface area contributed by atoms with Gasteiger partial charge in [0.1, 0.15) is 17.2 Å². The predicted molar refractivity (Wildman–Crippen MR) is 129 cm³/mol. The highest BCUT2D eigenvalue weighted by Crippen LogP contribution is 2.37. The van der Waals surface area contributed by atoms with Crippen LogP contribution in [0.25, 0.3) is 0 Å². The molecule has 1 aromatic heterocycles. The summed E-state index contributed by atoms with van der Waals surface area (Å²) in [5, 5.41) is 11.8. The number of amides is 1. The minimum Gasteiger partial charge on any atom is -0.478 e. The standard InChI is InChI=1S/C27H16F6N2O5/c28-26(29,30)15-5-3-7-17(13-15)39-22-12-11-21(34-23(36)19-9-1-2-10-20(19)25(37)38)24(35-22)40-18-8-4-6-16(14-18)27(31,32)33/h1-14H,(H,34,36)(H,37,38). The monoisotopic (exact) mass is 562 g/mol. The van der Waals surface area contributed by atoms with Gasteiger partial charge in [0.2, 0.25) is 11.8 Å². The van der Waals surface area contributed by atoms with Gasteiger partial charge < -0.3 is 19.9 Å². The van der Waals surface area contributed by atoms with E-state index >= 15 is 0 Å². The van der Waals surface area contributed by atoms with Crippen molar-refractivity contribution in [1.82, 2.24) is 4.98 Å². The normalized spacial score (nSPS) is 11.6. The quantitative estimate of drug-likeness (QED) is 0.225. The number of anilines is 1. The molecular weight excluding hydrogens is 546 g/mol. The average molecular weight is 562 g/mol. The number of aromatic carboxylic acids is 1. The molecule has 0 fully saturated rings. The number of pyridine rings is 1. The van der Waals surface area contributed by atoms with Gasteiger partial charge in [-0.3, -0.25) is 4.79 Å². The highest BCUT2D eigenvalue weighted by Gasteiger charge is 2.31. The lowest BCUT2D eigenvalue weighted by molar-refractivity contribution is -0.138. The number of carboxylic acid groups (broad SMARTS) is 1. The van der Waals surface area contributed by atoms with E-state index in [-0.39, 0.29) is 34.2 Å². The maximum Gasteiger partial charge on any atom is 0.416 e. The van der Waals surface area contributed by atoms with Gasteiger partial charge in [0.05, 0.1) is 22.3 Å². The highest BCUT2D eigenvalue weighted by molar-refractivity contribution is 6.11. The van der Waals surface area contributed by atoms with Crippen LogP contribution in [0.1, 0.15) is 31.8 Å². The van der Waals surface area contributed by atoms with Gasteiger partial charge in [-0.15, -0.1) is 0 Å². The van der Waals surface area contributed by atoms with Crippen molar-refractivity contribution >= 4 is 17.6 Å². The summed E-state index contributed by atoms with van der Waals surface area (Å²) in [6.45, 7) is 0. The van der Waals surface area contributed by atoms with Crippen LogP contribution in [0.2, 0.25) is 0 Å². The number of rotatable bonds is 7. The van der Waals surface area contributed by atoms with Gasteiger partial charge in [-0.1, -0.05) is 24.3 Å². The number of carboxylic acids is 1. The second-order valence-electron chi connectivity index (χ2n) is 8.06. The van der Waals surface area contributed by atoms with E-state index in [2.05, 4.69) is 10.3 Å². The molecule has 0 aliphatic heterocycles. The third-order valence-corrected chi connectivity index (χ3v) is 5.24. The van der Waals surface area contributed by atoms with Crippen molar-refractivity contribution in [3.8, 4) is 23.3 Å². The van der Waals surface area contributed by atoms with Crippen LogP contribution in [0.15, 0.2) is 84.9 Å². The lowest BCUT2D eigenvalue weighted by atomic mass is 10.1. The van der Waals surface area contributed by atoms with Crippen LogP contribution in [0.3, 0.4) is 0 Å². The van der Waals surface area contributed by atoms with Gasteiger partial charge in [-0.05, 0) is 54.6 Å². The van der Waals surface area contributed by atoms with Crippen LogP contribution in [0, 0.1) is 0 Å². The molecule has 7 nitrogen and oxygen atoms in total. The smallest absolute Gasteiger partial charge is 0.416 e. The number of nitrogens with one attached hydrogen (secondary N) is 1. The molecule has 0 radical (unpaired) electrons. The van der Waals surface area contributed by atoms with Gasteiger partial charge in [0.25, 0.3) is 5.91 Å². The van der Waals surface area contributed by atoms with E-state index < -0.39 is 41.2 Å². The molecule has 0 atom stereocenters. The topological polar surface area (TPSA) is 97.8 Å². The number of ether oxygens (including phenoxy) is 2. The van der Waals surface area contributed by atoms with E-state index in [1.165, 1.54) is 42.5 Å². The summed E-state index contributed by atoms with van der Waals surface area (Å²) in [5.74, 6) is -3.66. The Hall–Kier alpha value is -5.07. The zero-order valence-corrected chi connectivity index (χ0v) is 19.9. The van der Waals surface area contributed by atoms with Gasteiger partial charge in [-0.25, -0.2) is 4.79 Å². The minimum absolute atomic E-state index is 0.195. The molecule has 40 heavy (non-hydrogen) atoms. The first-order valence-corrected chi connectivity index (χ1v) is 11.2. The molecule has 2 N–H and O–H groups in total. The summed E-state index contributed by atoms with van der Waals surface area (Å²) in [7, 11) is 0. The SMILES string of the molecule is O=C(O)c1ccccc1C(=O)Nc1ccc(Oc2cccc(C(F)(F)F)c2)nc1Oc1cccc(C(F)(F)F)c1. The van der Waals surface area contributed by atoms with Crippen LogP contribution < -0.4 is 14.8 Å². The van der Waals surface area contributed by atoms with Gasteiger partial charge in [0, 0.05) is 6.07 Å². The summed E-state index contributed by atoms with van der Waals surface area (Å²) < 4.78 is 89.7. The first kappa shape index (κ1) is 28.0. The van der Waals surface area contributed by atoms with Crippen molar-refractivity contribution in [2.24, 2.45) is 0 Å². The summed E-state index contributed by atoms with van der Waals surface area (Å²) in [4.78, 5) is 28.4. The van der Waals surface area contributed by atoms with Crippen molar-refractivity contribution in [2.75, 3.05) is 5.32 Å². The second kappa shape index (κ2) is 11.0. The first-order chi connectivity index (χ1) is 18.8. The molecular formula is C27H16F6N2O5. The largest absolute Gasteiger partial charge is 0.478 e. The Kier molecular flexibility index (Phi) is 7.66. The lowest BCUT2D eigenvalue weighted by Gasteiger charge is -2.15. The molecule has 1 heterocycles. The van der Waals surface area contributed by atoms with Gasteiger partial charge in [0.15, 0.2) is 0 Å². The fourth-order valence-corrected chi connectivity index (χ4v) is 3.41. The summed E-state index contributed by atoms with van der Waals surface area (Å²) in [6.07, 6.45) is -9.34. The van der Waals surface area contributed by atoms with Crippen LogP contribution in [0.5, 0.6) is 23.3 Å². The van der Waals surface area contributed by atoms with E-state index in [9.17, 15) is 41.0 Å². The van der Waals surface area contributed by atoms with Crippen molar-refractivity contribution < 1.29 is 50.5 Å². The van der Waals surface area contributed by atoms with E-state index in [1.54, 1.807) is 0 Å². The Balaban J connectivity index is 1.71. The number of carbonyl (C=O) groups is 2. The van der Waals surface area contributed by atoms with Crippen LogP contribution in [-0.2, 0) is 12.4 Å². The second-order valence-corrected chi connectivity index (χ2v) is 8.06. The Bertz CT molecular complexity index is 1570. The zero-order chi connectivity index (χ0) is 29.1. The zero-order valence-electron chi connectivity index (χ0n) is 19.9. The lowest BCUT2D eigenvalue weighted by Crippen LogP contribution is -2.17. The number of hydrogen-bond acceptors (Lipinski definition) is 5. The molecule has 0 spiro atoms. The number of aromatic nitrogens is 1. The Labute approximate surface area is 221 Å². The molecule has 0 aliphatic carbocycles. The van der Waals surface area contributed by atoms with Gasteiger partial charge >= 0.3 is 18.3 Å². The molecule has 13 heteroatoms. The van der Waals surface area contributed by atoms with Crippen LogP contribution in [0.4, 0.5) is 32.0 Å². The Morgan fingerprint density at radius 2 is 1.25 bits per heavy atom. The van der Waals surface area contributed by atoms with Crippen LogP contribution >= 0.6 is 0 Å². The number of hydrogen-bond donors (Lipinski definition) is 2. The predicted octanol–water partition coefficient (Wildman–Crippen LogP) is 7.65. The number of halogens is 6. The average Bonchev–Trinajstić information content (AvgIpc) is 2.89. The molecule has 206 valence electrons. The number of nitrogens with zero attached hydrogens (tertiary/aromatic N) is 1. The number of alkyl halides is 6. The fraction of sp³-hybridized carbons (Fsp3) is 0.0741. The van der Waals surface area contributed by atoms with Crippen molar-refractivity contribution in [3.05, 3.63) is 107 Å². The fourth-order valence-electron chi connectivity index (χ4n) is 3.41. The summed E-state index contributed by atoms with van der Waals surface area (Å²) in [5.41, 5.74) is -2.78. The number of carbonyl (C=O) groups excluding carboxylic acids is 1. The minimum atomic E-state index is -4.70. The molecule has 0 aliphatic rings. The maximum atomic E-state index is 13.2. The third kappa shape index (κ3) is 6.67. The van der Waals surface area contributed by atoms with Crippen LogP contribution in [-0.4, -0.2) is 22.0 Å². The first-order valence-electron chi connectivity index (χ1n) is 11.2. The molecule has 0 saturated heterocycles. The molecule has 4 rings (SSSR count). The van der Waals surface area contributed by atoms with E-state index in [1.807, 2.05) is 0 Å². The molecule has 1 amide bonds. The maximum absolute atomic E-state index is 13.2. The number of benzene rings is 3. The van der Waals surface area contributed by atoms with Gasteiger partial charge in [-0.2, -0.15) is 31.3 Å². The highest BCUT2D eigenvalue weighted by atomic mass is 19.4.